The van der Waals surface area contributed by atoms with Gasteiger partial charge in [0.2, 0.25) is 0 Å². The number of likely N-dealkylation sites (N-methyl/N-ethyl adjacent to an activating group) is 1. The average Bonchev–Trinajstić information content (AvgIpc) is 2.04. The number of anilines is 1. The van der Waals surface area contributed by atoms with Crippen LogP contribution in [0, 0.1) is 6.92 Å². The lowest BCUT2D eigenvalue weighted by Crippen LogP contribution is -2.17. The Labute approximate surface area is 78.6 Å². The van der Waals surface area contributed by atoms with Crippen molar-refractivity contribution in [2.75, 3.05) is 19.3 Å². The number of benzene rings is 1. The fraction of sp³-hybridized carbons (Fsp3) is 0.400. The van der Waals surface area contributed by atoms with Gasteiger partial charge in [0.15, 0.2) is 0 Å². The van der Waals surface area contributed by atoms with Gasteiger partial charge in [0.25, 0.3) is 0 Å². The molecule has 0 spiro atoms. The van der Waals surface area contributed by atoms with Gasteiger partial charge in [-0.15, -0.1) is 0 Å². The monoisotopic (exact) mass is 180 g/mol. The Hall–Kier alpha value is -1.06. The van der Waals surface area contributed by atoms with Crippen molar-refractivity contribution in [2.45, 2.75) is 13.0 Å². The van der Waals surface area contributed by atoms with Crippen molar-refractivity contribution in [3.63, 3.8) is 0 Å². The van der Waals surface area contributed by atoms with Gasteiger partial charge in [0, 0.05) is 12.2 Å². The number of nitrogens with two attached hydrogens (primary N) is 1. The molecule has 3 nitrogen and oxygen atoms in total. The Morgan fingerprint density at radius 2 is 2.23 bits per heavy atom. The van der Waals surface area contributed by atoms with Gasteiger partial charge in [0.05, 0.1) is 6.10 Å². The normalized spacial score (nSPS) is 12.8. The molecule has 0 aliphatic carbocycles. The number of aliphatic hydroxyl groups is 1. The number of rotatable bonds is 3. The van der Waals surface area contributed by atoms with Crippen LogP contribution in [-0.4, -0.2) is 18.7 Å². The molecule has 1 rings (SSSR count). The topological polar surface area (TPSA) is 58.3 Å². The summed E-state index contributed by atoms with van der Waals surface area (Å²) in [6.45, 7) is 2.51. The van der Waals surface area contributed by atoms with Crippen LogP contribution in [-0.2, 0) is 0 Å². The Bertz CT molecular complexity index is 286. The zero-order valence-corrected chi connectivity index (χ0v) is 8.04. The van der Waals surface area contributed by atoms with E-state index in [1.54, 1.807) is 6.07 Å². The van der Waals surface area contributed by atoms with Crippen LogP contribution >= 0.6 is 0 Å². The number of hydrogen-bond donors (Lipinski definition) is 3. The second kappa shape index (κ2) is 4.25. The van der Waals surface area contributed by atoms with Crippen LogP contribution in [0.2, 0.25) is 0 Å². The second-order valence-corrected chi connectivity index (χ2v) is 3.19. The predicted molar refractivity (Wildman–Crippen MR) is 54.5 cm³/mol. The fourth-order valence-electron chi connectivity index (χ4n) is 1.38. The lowest BCUT2D eigenvalue weighted by molar-refractivity contribution is 0.177. The molecule has 72 valence electrons. The summed E-state index contributed by atoms with van der Waals surface area (Å²) in [4.78, 5) is 0. The van der Waals surface area contributed by atoms with Gasteiger partial charge in [-0.1, -0.05) is 6.07 Å². The highest BCUT2D eigenvalue weighted by Gasteiger charge is 2.08. The second-order valence-electron chi connectivity index (χ2n) is 3.19. The summed E-state index contributed by atoms with van der Waals surface area (Å²) >= 11 is 0. The van der Waals surface area contributed by atoms with Crippen molar-refractivity contribution < 1.29 is 5.11 Å². The Morgan fingerprint density at radius 3 is 2.77 bits per heavy atom. The van der Waals surface area contributed by atoms with E-state index in [1.165, 1.54) is 0 Å². The van der Waals surface area contributed by atoms with E-state index in [2.05, 4.69) is 5.32 Å². The summed E-state index contributed by atoms with van der Waals surface area (Å²) in [5.41, 5.74) is 8.30. The smallest absolute Gasteiger partial charge is 0.0916 e. The van der Waals surface area contributed by atoms with Crippen LogP contribution in [0.5, 0.6) is 0 Å². The zero-order chi connectivity index (χ0) is 9.84. The zero-order valence-electron chi connectivity index (χ0n) is 8.04. The molecule has 1 aromatic rings. The molecule has 0 radical (unpaired) electrons. The molecule has 0 aromatic heterocycles. The van der Waals surface area contributed by atoms with Crippen LogP contribution in [0.25, 0.3) is 0 Å². The SMILES string of the molecule is CNCC(O)c1ccc(N)cc1C. The molecule has 0 bridgehead atoms. The average molecular weight is 180 g/mol. The van der Waals surface area contributed by atoms with Gasteiger partial charge in [-0.25, -0.2) is 0 Å². The first-order valence-corrected chi connectivity index (χ1v) is 4.34. The summed E-state index contributed by atoms with van der Waals surface area (Å²) in [5, 5.41) is 12.6. The Kier molecular flexibility index (Phi) is 3.28. The minimum Gasteiger partial charge on any atom is -0.399 e. The van der Waals surface area contributed by atoms with Crippen molar-refractivity contribution in [3.05, 3.63) is 29.3 Å². The lowest BCUT2D eigenvalue weighted by Gasteiger charge is -2.13. The first-order chi connectivity index (χ1) is 6.15. The molecule has 3 heteroatoms. The summed E-state index contributed by atoms with van der Waals surface area (Å²) in [7, 11) is 1.82. The molecule has 0 amide bonds. The molecule has 0 fully saturated rings. The third-order valence-corrected chi connectivity index (χ3v) is 2.05. The Morgan fingerprint density at radius 1 is 1.54 bits per heavy atom. The fourth-order valence-corrected chi connectivity index (χ4v) is 1.38. The van der Waals surface area contributed by atoms with Crippen LogP contribution < -0.4 is 11.1 Å². The molecule has 0 heterocycles. The maximum Gasteiger partial charge on any atom is 0.0916 e. The minimum atomic E-state index is -0.453. The molecular formula is C10H16N2O. The molecule has 0 saturated carbocycles. The quantitative estimate of drug-likeness (QED) is 0.604. The van der Waals surface area contributed by atoms with E-state index >= 15 is 0 Å². The summed E-state index contributed by atoms with van der Waals surface area (Å²) < 4.78 is 0. The van der Waals surface area contributed by atoms with Gasteiger partial charge in [-0.3, -0.25) is 0 Å². The number of aryl methyl sites for hydroxylation is 1. The van der Waals surface area contributed by atoms with E-state index in [4.69, 9.17) is 5.73 Å². The molecule has 0 saturated heterocycles. The largest absolute Gasteiger partial charge is 0.399 e. The molecule has 0 aliphatic heterocycles. The summed E-state index contributed by atoms with van der Waals surface area (Å²) in [6, 6.07) is 5.54. The standard InChI is InChI=1S/C10H16N2O/c1-7-5-8(11)3-4-9(7)10(13)6-12-2/h3-5,10,12-13H,6,11H2,1-2H3. The van der Waals surface area contributed by atoms with Gasteiger partial charge in [-0.05, 0) is 37.2 Å². The van der Waals surface area contributed by atoms with Crippen molar-refractivity contribution in [1.82, 2.24) is 5.32 Å². The molecule has 0 aliphatic rings. The molecule has 13 heavy (non-hydrogen) atoms. The van der Waals surface area contributed by atoms with E-state index < -0.39 is 6.10 Å². The van der Waals surface area contributed by atoms with Crippen molar-refractivity contribution in [1.29, 1.82) is 0 Å². The van der Waals surface area contributed by atoms with E-state index in [0.717, 1.165) is 16.8 Å². The molecule has 4 N–H and O–H groups in total. The van der Waals surface area contributed by atoms with Crippen LogP contribution in [0.15, 0.2) is 18.2 Å². The van der Waals surface area contributed by atoms with Crippen molar-refractivity contribution in [3.8, 4) is 0 Å². The highest BCUT2D eigenvalue weighted by Crippen LogP contribution is 2.19. The van der Waals surface area contributed by atoms with Gasteiger partial charge in [-0.2, -0.15) is 0 Å². The van der Waals surface area contributed by atoms with E-state index in [0.29, 0.717) is 6.54 Å². The van der Waals surface area contributed by atoms with Crippen molar-refractivity contribution >= 4 is 5.69 Å². The van der Waals surface area contributed by atoms with Crippen molar-refractivity contribution in [2.24, 2.45) is 0 Å². The van der Waals surface area contributed by atoms with E-state index in [1.807, 2.05) is 26.1 Å². The molecule has 1 aromatic carbocycles. The minimum absolute atomic E-state index is 0.453. The lowest BCUT2D eigenvalue weighted by atomic mass is 10.0. The predicted octanol–water partition coefficient (Wildman–Crippen LogP) is 0.830. The number of nitrogen functional groups attached to an aromatic ring is 1. The van der Waals surface area contributed by atoms with Crippen LogP contribution in [0.3, 0.4) is 0 Å². The third kappa shape index (κ3) is 2.44. The number of nitrogens with one attached hydrogen (secondary N) is 1. The van der Waals surface area contributed by atoms with Gasteiger partial charge in [0.1, 0.15) is 0 Å². The van der Waals surface area contributed by atoms with Gasteiger partial charge < -0.3 is 16.2 Å². The highest BCUT2D eigenvalue weighted by atomic mass is 16.3. The maximum atomic E-state index is 9.69. The third-order valence-electron chi connectivity index (χ3n) is 2.05. The summed E-state index contributed by atoms with van der Waals surface area (Å²) in [6.07, 6.45) is -0.453. The highest BCUT2D eigenvalue weighted by molar-refractivity contribution is 5.44. The van der Waals surface area contributed by atoms with Crippen LogP contribution in [0.4, 0.5) is 5.69 Å². The molecular weight excluding hydrogens is 164 g/mol. The number of aliphatic hydroxyl groups excluding tert-OH is 1. The summed E-state index contributed by atoms with van der Waals surface area (Å²) in [5.74, 6) is 0. The van der Waals surface area contributed by atoms with Crippen LogP contribution in [0.1, 0.15) is 17.2 Å². The first kappa shape index (κ1) is 10.0. The Balaban J connectivity index is 2.88. The van der Waals surface area contributed by atoms with E-state index in [9.17, 15) is 5.11 Å². The van der Waals surface area contributed by atoms with Gasteiger partial charge >= 0.3 is 0 Å². The van der Waals surface area contributed by atoms with E-state index in [-0.39, 0.29) is 0 Å². The number of hydrogen-bond acceptors (Lipinski definition) is 3. The maximum absolute atomic E-state index is 9.69. The first-order valence-electron chi connectivity index (χ1n) is 4.34. The molecule has 1 atom stereocenters. The molecule has 1 unspecified atom stereocenters.